The van der Waals surface area contributed by atoms with E-state index < -0.39 is 0 Å². The first kappa shape index (κ1) is 16.3. The molecule has 1 atom stereocenters. The number of methoxy groups -OCH3 is 1. The van der Waals surface area contributed by atoms with Gasteiger partial charge in [0.1, 0.15) is 6.10 Å². The summed E-state index contributed by atoms with van der Waals surface area (Å²) < 4.78 is 10.7. The van der Waals surface area contributed by atoms with E-state index in [-0.39, 0.29) is 30.0 Å². The molecular weight excluding hydrogens is 270 g/mol. The van der Waals surface area contributed by atoms with Gasteiger partial charge in [0, 0.05) is 13.1 Å². The van der Waals surface area contributed by atoms with Gasteiger partial charge in [0.15, 0.2) is 0 Å². The third-order valence-electron chi connectivity index (χ3n) is 4.62. The second-order valence-electron chi connectivity index (χ2n) is 6.16. The molecule has 1 heterocycles. The van der Waals surface area contributed by atoms with Gasteiger partial charge in [-0.2, -0.15) is 0 Å². The maximum Gasteiger partial charge on any atom is 0.308 e. The van der Waals surface area contributed by atoms with E-state index in [1.54, 1.807) is 0 Å². The molecule has 21 heavy (non-hydrogen) atoms. The van der Waals surface area contributed by atoms with Crippen LogP contribution in [0.25, 0.3) is 0 Å². The number of carbonyl (C=O) groups excluding carboxylic acids is 2. The van der Waals surface area contributed by atoms with Crippen LogP contribution in [0.1, 0.15) is 51.9 Å². The summed E-state index contributed by atoms with van der Waals surface area (Å²) in [4.78, 5) is 25.7. The lowest BCUT2D eigenvalue weighted by Crippen LogP contribution is -2.43. The van der Waals surface area contributed by atoms with Crippen molar-refractivity contribution in [1.82, 2.24) is 4.90 Å². The SMILES string of the molecule is COC(=O)C1CCC(OC(C)C(=O)N2CCCCC2)CC1. The molecule has 0 radical (unpaired) electrons. The highest BCUT2D eigenvalue weighted by molar-refractivity contribution is 5.80. The topological polar surface area (TPSA) is 55.8 Å². The quantitative estimate of drug-likeness (QED) is 0.746. The lowest BCUT2D eigenvalue weighted by molar-refractivity contribution is -0.153. The Hall–Kier alpha value is -1.10. The van der Waals surface area contributed by atoms with Crippen molar-refractivity contribution in [1.29, 1.82) is 0 Å². The number of ether oxygens (including phenoxy) is 2. The van der Waals surface area contributed by atoms with Crippen LogP contribution in [0.5, 0.6) is 0 Å². The average molecular weight is 297 g/mol. The molecule has 0 aromatic rings. The van der Waals surface area contributed by atoms with Crippen molar-refractivity contribution in [3.8, 4) is 0 Å². The fraction of sp³-hybridized carbons (Fsp3) is 0.875. The number of piperidine rings is 1. The van der Waals surface area contributed by atoms with Crippen LogP contribution in [0.4, 0.5) is 0 Å². The highest BCUT2D eigenvalue weighted by Crippen LogP contribution is 2.28. The maximum atomic E-state index is 12.3. The summed E-state index contributed by atoms with van der Waals surface area (Å²) in [6, 6.07) is 0. The van der Waals surface area contributed by atoms with Crippen LogP contribution in [0, 0.1) is 5.92 Å². The largest absolute Gasteiger partial charge is 0.469 e. The van der Waals surface area contributed by atoms with Crippen molar-refractivity contribution in [3.05, 3.63) is 0 Å². The maximum absolute atomic E-state index is 12.3. The molecule has 0 aromatic carbocycles. The van der Waals surface area contributed by atoms with Gasteiger partial charge >= 0.3 is 5.97 Å². The molecular formula is C16H27NO4. The molecule has 1 amide bonds. The highest BCUT2D eigenvalue weighted by Gasteiger charge is 2.30. The van der Waals surface area contributed by atoms with Crippen LogP contribution in [-0.4, -0.2) is 49.2 Å². The Morgan fingerprint density at radius 1 is 1.05 bits per heavy atom. The van der Waals surface area contributed by atoms with Crippen LogP contribution in [0.2, 0.25) is 0 Å². The number of rotatable bonds is 4. The number of hydrogen-bond donors (Lipinski definition) is 0. The second-order valence-corrected chi connectivity index (χ2v) is 6.16. The van der Waals surface area contributed by atoms with Crippen LogP contribution >= 0.6 is 0 Å². The summed E-state index contributed by atoms with van der Waals surface area (Å²) >= 11 is 0. The standard InChI is InChI=1S/C16H27NO4/c1-12(15(18)17-10-4-3-5-11-17)21-14-8-6-13(7-9-14)16(19)20-2/h12-14H,3-11H2,1-2H3. The fourth-order valence-electron chi connectivity index (χ4n) is 3.32. The van der Waals surface area contributed by atoms with Gasteiger partial charge in [-0.1, -0.05) is 0 Å². The molecule has 2 rings (SSSR count). The zero-order valence-corrected chi connectivity index (χ0v) is 13.2. The molecule has 1 unspecified atom stereocenters. The molecule has 5 nitrogen and oxygen atoms in total. The van der Waals surface area contributed by atoms with E-state index in [0.717, 1.165) is 51.6 Å². The number of esters is 1. The number of hydrogen-bond acceptors (Lipinski definition) is 4. The first-order valence-electron chi connectivity index (χ1n) is 8.14. The Bertz CT molecular complexity index is 357. The first-order chi connectivity index (χ1) is 10.1. The van der Waals surface area contributed by atoms with E-state index >= 15 is 0 Å². The highest BCUT2D eigenvalue weighted by atomic mass is 16.5. The van der Waals surface area contributed by atoms with E-state index in [1.807, 2.05) is 11.8 Å². The zero-order chi connectivity index (χ0) is 15.2. The smallest absolute Gasteiger partial charge is 0.308 e. The van der Waals surface area contributed by atoms with Gasteiger partial charge in [0.2, 0.25) is 0 Å². The fourth-order valence-corrected chi connectivity index (χ4v) is 3.32. The van der Waals surface area contributed by atoms with E-state index in [4.69, 9.17) is 9.47 Å². The molecule has 120 valence electrons. The molecule has 1 aliphatic carbocycles. The Morgan fingerprint density at radius 2 is 1.67 bits per heavy atom. The van der Waals surface area contributed by atoms with Gasteiger partial charge in [0.25, 0.3) is 5.91 Å². The predicted molar refractivity (Wildman–Crippen MR) is 78.7 cm³/mol. The van der Waals surface area contributed by atoms with E-state index in [0.29, 0.717) is 0 Å². The molecule has 0 spiro atoms. The van der Waals surface area contributed by atoms with Crippen molar-refractivity contribution in [2.75, 3.05) is 20.2 Å². The van der Waals surface area contributed by atoms with E-state index in [1.165, 1.54) is 13.5 Å². The second kappa shape index (κ2) is 7.78. The Morgan fingerprint density at radius 3 is 2.24 bits per heavy atom. The molecule has 1 saturated heterocycles. The zero-order valence-electron chi connectivity index (χ0n) is 13.2. The Balaban J connectivity index is 1.74. The van der Waals surface area contributed by atoms with Gasteiger partial charge in [-0.3, -0.25) is 9.59 Å². The molecule has 1 saturated carbocycles. The predicted octanol–water partition coefficient (Wildman–Crippen LogP) is 2.14. The Kier molecular flexibility index (Phi) is 6.03. The lowest BCUT2D eigenvalue weighted by Gasteiger charge is -2.32. The minimum absolute atomic E-state index is 0.00273. The van der Waals surface area contributed by atoms with Crippen LogP contribution in [-0.2, 0) is 19.1 Å². The number of likely N-dealkylation sites (tertiary alicyclic amines) is 1. The third-order valence-corrected chi connectivity index (χ3v) is 4.62. The third kappa shape index (κ3) is 4.43. The van der Waals surface area contributed by atoms with Crippen molar-refractivity contribution in [2.45, 2.75) is 64.1 Å². The summed E-state index contributed by atoms with van der Waals surface area (Å²) in [5.41, 5.74) is 0. The number of amides is 1. The van der Waals surface area contributed by atoms with Crippen molar-refractivity contribution < 1.29 is 19.1 Å². The molecule has 5 heteroatoms. The minimum atomic E-state index is -0.372. The average Bonchev–Trinajstić information content (AvgIpc) is 2.55. The van der Waals surface area contributed by atoms with Gasteiger partial charge in [-0.15, -0.1) is 0 Å². The number of carbonyl (C=O) groups is 2. The van der Waals surface area contributed by atoms with E-state index in [9.17, 15) is 9.59 Å². The first-order valence-corrected chi connectivity index (χ1v) is 8.14. The van der Waals surface area contributed by atoms with Crippen molar-refractivity contribution in [3.63, 3.8) is 0 Å². The summed E-state index contributed by atoms with van der Waals surface area (Å²) in [5, 5.41) is 0. The van der Waals surface area contributed by atoms with Crippen LogP contribution < -0.4 is 0 Å². The van der Waals surface area contributed by atoms with Gasteiger partial charge in [-0.05, 0) is 51.9 Å². The number of nitrogens with zero attached hydrogens (tertiary/aromatic N) is 1. The molecule has 2 aliphatic rings. The summed E-state index contributed by atoms with van der Waals surface area (Å²) in [6.45, 7) is 3.58. The minimum Gasteiger partial charge on any atom is -0.469 e. The van der Waals surface area contributed by atoms with Gasteiger partial charge in [0.05, 0.1) is 19.1 Å². The normalized spacial score (nSPS) is 28.0. The Labute approximate surface area is 127 Å². The molecule has 0 N–H and O–H groups in total. The van der Waals surface area contributed by atoms with Crippen LogP contribution in [0.15, 0.2) is 0 Å². The summed E-state index contributed by atoms with van der Waals surface area (Å²) in [7, 11) is 1.43. The lowest BCUT2D eigenvalue weighted by atomic mass is 9.87. The molecule has 1 aliphatic heterocycles. The van der Waals surface area contributed by atoms with Gasteiger partial charge in [-0.25, -0.2) is 0 Å². The van der Waals surface area contributed by atoms with E-state index in [2.05, 4.69) is 0 Å². The summed E-state index contributed by atoms with van der Waals surface area (Å²) in [6.07, 6.45) is 6.39. The monoisotopic (exact) mass is 297 g/mol. The van der Waals surface area contributed by atoms with Crippen molar-refractivity contribution in [2.24, 2.45) is 5.92 Å². The van der Waals surface area contributed by atoms with Crippen molar-refractivity contribution >= 4 is 11.9 Å². The molecule has 0 aromatic heterocycles. The van der Waals surface area contributed by atoms with Crippen LogP contribution in [0.3, 0.4) is 0 Å². The molecule has 0 bridgehead atoms. The van der Waals surface area contributed by atoms with Gasteiger partial charge < -0.3 is 14.4 Å². The molecule has 2 fully saturated rings. The summed E-state index contributed by atoms with van der Waals surface area (Å²) in [5.74, 6) is -0.00126.